The summed E-state index contributed by atoms with van der Waals surface area (Å²) in [7, 11) is 0. The van der Waals surface area contributed by atoms with Crippen molar-refractivity contribution < 1.29 is 9.13 Å². The van der Waals surface area contributed by atoms with Gasteiger partial charge in [-0.1, -0.05) is 18.2 Å². The smallest absolute Gasteiger partial charge is 0.225 e. The molecule has 0 fully saturated rings. The van der Waals surface area contributed by atoms with Gasteiger partial charge in [-0.2, -0.15) is 4.98 Å². The molecule has 0 atom stereocenters. The highest BCUT2D eigenvalue weighted by Gasteiger charge is 2.02. The summed E-state index contributed by atoms with van der Waals surface area (Å²) in [6, 6.07) is 8.44. The Morgan fingerprint density at radius 2 is 2.11 bits per heavy atom. The molecule has 0 aliphatic heterocycles. The van der Waals surface area contributed by atoms with E-state index in [9.17, 15) is 4.39 Å². The first-order chi connectivity index (χ1) is 9.29. The minimum absolute atomic E-state index is 0.187. The molecule has 2 aromatic rings. The molecular formula is C14H16FN3O. The predicted octanol–water partition coefficient (Wildman–Crippen LogP) is 2.67. The van der Waals surface area contributed by atoms with Gasteiger partial charge in [-0.05, 0) is 25.0 Å². The molecule has 0 saturated carbocycles. The average molecular weight is 261 g/mol. The van der Waals surface area contributed by atoms with Crippen molar-refractivity contribution in [3.05, 3.63) is 47.9 Å². The molecule has 1 N–H and O–H groups in total. The lowest BCUT2D eigenvalue weighted by Gasteiger charge is -2.07. The first-order valence-electron chi connectivity index (χ1n) is 6.22. The van der Waals surface area contributed by atoms with Crippen LogP contribution in [-0.4, -0.2) is 23.1 Å². The summed E-state index contributed by atoms with van der Waals surface area (Å²) in [4.78, 5) is 8.26. The molecule has 4 nitrogen and oxygen atoms in total. The Balaban J connectivity index is 1.89. The van der Waals surface area contributed by atoms with E-state index in [4.69, 9.17) is 4.74 Å². The van der Waals surface area contributed by atoms with Crippen molar-refractivity contribution in [3.8, 4) is 5.88 Å². The molecule has 1 aromatic heterocycles. The van der Waals surface area contributed by atoms with Gasteiger partial charge in [0.25, 0.3) is 0 Å². The van der Waals surface area contributed by atoms with Crippen molar-refractivity contribution in [2.75, 3.05) is 18.5 Å². The van der Waals surface area contributed by atoms with Gasteiger partial charge in [-0.3, -0.25) is 0 Å². The van der Waals surface area contributed by atoms with Gasteiger partial charge in [-0.15, -0.1) is 0 Å². The van der Waals surface area contributed by atoms with E-state index in [-0.39, 0.29) is 5.82 Å². The molecule has 100 valence electrons. The normalized spacial score (nSPS) is 10.2. The van der Waals surface area contributed by atoms with E-state index in [0.29, 0.717) is 37.0 Å². The molecule has 5 heteroatoms. The van der Waals surface area contributed by atoms with Gasteiger partial charge in [0.05, 0.1) is 6.61 Å². The predicted molar refractivity (Wildman–Crippen MR) is 71.8 cm³/mol. The number of hydrogen-bond donors (Lipinski definition) is 1. The summed E-state index contributed by atoms with van der Waals surface area (Å²) in [5.74, 6) is 0.835. The van der Waals surface area contributed by atoms with E-state index in [1.165, 1.54) is 6.07 Å². The zero-order valence-corrected chi connectivity index (χ0v) is 10.8. The summed E-state index contributed by atoms with van der Waals surface area (Å²) in [6.45, 7) is 3.02. The molecular weight excluding hydrogens is 245 g/mol. The highest BCUT2D eigenvalue weighted by atomic mass is 19.1. The van der Waals surface area contributed by atoms with Crippen LogP contribution in [0, 0.1) is 5.82 Å². The fourth-order valence-corrected chi connectivity index (χ4v) is 1.67. The van der Waals surface area contributed by atoms with Crippen molar-refractivity contribution in [3.63, 3.8) is 0 Å². The quantitative estimate of drug-likeness (QED) is 0.868. The fraction of sp³-hybridized carbons (Fsp3) is 0.286. The van der Waals surface area contributed by atoms with Crippen LogP contribution in [0.4, 0.5) is 10.3 Å². The topological polar surface area (TPSA) is 47.0 Å². The van der Waals surface area contributed by atoms with Gasteiger partial charge < -0.3 is 10.1 Å². The first kappa shape index (κ1) is 13.3. The lowest BCUT2D eigenvalue weighted by atomic mass is 10.1. The lowest BCUT2D eigenvalue weighted by Crippen LogP contribution is -2.09. The highest BCUT2D eigenvalue weighted by Crippen LogP contribution is 2.10. The summed E-state index contributed by atoms with van der Waals surface area (Å²) in [6.07, 6.45) is 2.21. The Bertz CT molecular complexity index is 534. The Morgan fingerprint density at radius 1 is 1.26 bits per heavy atom. The van der Waals surface area contributed by atoms with Crippen LogP contribution in [0.3, 0.4) is 0 Å². The maximum absolute atomic E-state index is 13.4. The summed E-state index contributed by atoms with van der Waals surface area (Å²) < 4.78 is 18.7. The molecule has 0 radical (unpaired) electrons. The van der Waals surface area contributed by atoms with Crippen LogP contribution < -0.4 is 10.1 Å². The number of nitrogens with zero attached hydrogens (tertiary/aromatic N) is 2. The minimum Gasteiger partial charge on any atom is -0.478 e. The van der Waals surface area contributed by atoms with Crippen LogP contribution in [-0.2, 0) is 6.42 Å². The van der Waals surface area contributed by atoms with Crippen LogP contribution in [0.2, 0.25) is 0 Å². The molecule has 0 aliphatic rings. The van der Waals surface area contributed by atoms with Gasteiger partial charge in [0, 0.05) is 18.8 Å². The molecule has 19 heavy (non-hydrogen) atoms. The Kier molecular flexibility index (Phi) is 4.66. The fourth-order valence-electron chi connectivity index (χ4n) is 1.67. The molecule has 0 aliphatic carbocycles. The third-order valence-electron chi connectivity index (χ3n) is 2.56. The van der Waals surface area contributed by atoms with Gasteiger partial charge in [0.1, 0.15) is 5.82 Å². The van der Waals surface area contributed by atoms with E-state index in [2.05, 4.69) is 15.3 Å². The van der Waals surface area contributed by atoms with Crippen molar-refractivity contribution in [2.24, 2.45) is 0 Å². The van der Waals surface area contributed by atoms with Crippen molar-refractivity contribution in [1.82, 2.24) is 9.97 Å². The molecule has 1 aromatic carbocycles. The first-order valence-corrected chi connectivity index (χ1v) is 6.22. The Morgan fingerprint density at radius 3 is 2.89 bits per heavy atom. The largest absolute Gasteiger partial charge is 0.478 e. The zero-order valence-electron chi connectivity index (χ0n) is 10.8. The molecule has 0 saturated heterocycles. The van der Waals surface area contributed by atoms with Crippen LogP contribution in [0.5, 0.6) is 5.88 Å². The van der Waals surface area contributed by atoms with Gasteiger partial charge >= 0.3 is 0 Å². The molecule has 0 spiro atoms. The SMILES string of the molecule is CCOc1ccnc(NCCc2ccccc2F)n1. The second-order valence-corrected chi connectivity index (χ2v) is 3.92. The molecule has 1 heterocycles. The Hall–Kier alpha value is -2.17. The van der Waals surface area contributed by atoms with Crippen molar-refractivity contribution >= 4 is 5.95 Å². The number of rotatable bonds is 6. The zero-order chi connectivity index (χ0) is 13.5. The maximum atomic E-state index is 13.4. The van der Waals surface area contributed by atoms with E-state index >= 15 is 0 Å². The standard InChI is InChI=1S/C14H16FN3O/c1-2-19-13-8-10-17-14(18-13)16-9-7-11-5-3-4-6-12(11)15/h3-6,8,10H,2,7,9H2,1H3,(H,16,17,18). The average Bonchev–Trinajstić information content (AvgIpc) is 2.42. The molecule has 0 bridgehead atoms. The lowest BCUT2D eigenvalue weighted by molar-refractivity contribution is 0.326. The highest BCUT2D eigenvalue weighted by molar-refractivity contribution is 5.28. The molecule has 2 rings (SSSR count). The Labute approximate surface area is 111 Å². The van der Waals surface area contributed by atoms with Gasteiger partial charge in [0.2, 0.25) is 11.8 Å². The number of anilines is 1. The van der Waals surface area contributed by atoms with Crippen molar-refractivity contribution in [1.29, 1.82) is 0 Å². The number of halogens is 1. The van der Waals surface area contributed by atoms with Gasteiger partial charge in [-0.25, -0.2) is 9.37 Å². The van der Waals surface area contributed by atoms with E-state index in [1.54, 1.807) is 24.4 Å². The van der Waals surface area contributed by atoms with Crippen LogP contribution >= 0.6 is 0 Å². The molecule has 0 amide bonds. The van der Waals surface area contributed by atoms with Crippen LogP contribution in [0.1, 0.15) is 12.5 Å². The third kappa shape index (κ3) is 3.91. The van der Waals surface area contributed by atoms with Crippen LogP contribution in [0.25, 0.3) is 0 Å². The van der Waals surface area contributed by atoms with Gasteiger partial charge in [0.15, 0.2) is 0 Å². The van der Waals surface area contributed by atoms with E-state index in [0.717, 1.165) is 0 Å². The van der Waals surface area contributed by atoms with Crippen LogP contribution in [0.15, 0.2) is 36.5 Å². The van der Waals surface area contributed by atoms with E-state index < -0.39 is 0 Å². The third-order valence-corrected chi connectivity index (χ3v) is 2.56. The molecule has 0 unspecified atom stereocenters. The second kappa shape index (κ2) is 6.68. The summed E-state index contributed by atoms with van der Waals surface area (Å²) in [5.41, 5.74) is 0.677. The van der Waals surface area contributed by atoms with E-state index in [1.807, 2.05) is 13.0 Å². The maximum Gasteiger partial charge on any atom is 0.225 e. The number of ether oxygens (including phenoxy) is 1. The number of aromatic nitrogens is 2. The summed E-state index contributed by atoms with van der Waals surface area (Å²) >= 11 is 0. The number of benzene rings is 1. The minimum atomic E-state index is -0.187. The number of nitrogens with one attached hydrogen (secondary N) is 1. The monoisotopic (exact) mass is 261 g/mol. The number of hydrogen-bond acceptors (Lipinski definition) is 4. The summed E-state index contributed by atoms with van der Waals surface area (Å²) in [5, 5.41) is 3.05. The second-order valence-electron chi connectivity index (χ2n) is 3.92. The van der Waals surface area contributed by atoms with Crippen molar-refractivity contribution in [2.45, 2.75) is 13.3 Å².